The van der Waals surface area contributed by atoms with E-state index in [0.717, 1.165) is 16.1 Å². The van der Waals surface area contributed by atoms with E-state index in [0.29, 0.717) is 31.7 Å². The maximum atomic E-state index is 13.0. The van der Waals surface area contributed by atoms with E-state index >= 15 is 0 Å². The molecule has 0 radical (unpaired) electrons. The summed E-state index contributed by atoms with van der Waals surface area (Å²) in [4.78, 5) is 7.40. The molecule has 8 heteroatoms. The fraction of sp³-hybridized carbons (Fsp3) is 0.438. The standard InChI is InChI=1S/C16H18F3N3OS/c1-10-14(20)21-15(24-10)22-8-6-11(7-9-22)23-13-5-3-2-4-12(13)16(17,18)19/h2-5,11H,6-9,20H2,1H3. The molecule has 0 amide bonds. The second-order valence-electron chi connectivity index (χ2n) is 5.74. The van der Waals surface area contributed by atoms with Gasteiger partial charge in [-0.1, -0.05) is 23.5 Å². The fourth-order valence-corrected chi connectivity index (χ4v) is 3.56. The van der Waals surface area contributed by atoms with Gasteiger partial charge in [-0.15, -0.1) is 0 Å². The summed E-state index contributed by atoms with van der Waals surface area (Å²) in [5, 5.41) is 0.860. The number of benzene rings is 1. The molecule has 1 fully saturated rings. The van der Waals surface area contributed by atoms with Crippen molar-refractivity contribution in [3.8, 4) is 5.75 Å². The lowest BCUT2D eigenvalue weighted by molar-refractivity contribution is -0.139. The Hall–Kier alpha value is -1.96. The molecule has 24 heavy (non-hydrogen) atoms. The average Bonchev–Trinajstić information content (AvgIpc) is 2.87. The number of aromatic nitrogens is 1. The third-order valence-electron chi connectivity index (χ3n) is 4.02. The molecule has 1 saturated heterocycles. The van der Waals surface area contributed by atoms with Gasteiger partial charge < -0.3 is 15.4 Å². The minimum Gasteiger partial charge on any atom is -0.490 e. The van der Waals surface area contributed by atoms with Crippen molar-refractivity contribution < 1.29 is 17.9 Å². The quantitative estimate of drug-likeness (QED) is 0.899. The Kier molecular flexibility index (Phi) is 4.58. The lowest BCUT2D eigenvalue weighted by Crippen LogP contribution is -2.38. The van der Waals surface area contributed by atoms with Crippen LogP contribution in [-0.4, -0.2) is 24.2 Å². The van der Waals surface area contributed by atoms with Crippen LogP contribution in [0.15, 0.2) is 24.3 Å². The molecule has 3 rings (SSSR count). The Morgan fingerprint density at radius 3 is 2.50 bits per heavy atom. The lowest BCUT2D eigenvalue weighted by Gasteiger charge is -2.32. The maximum absolute atomic E-state index is 13.0. The number of aryl methyl sites for hydroxylation is 1. The zero-order valence-electron chi connectivity index (χ0n) is 13.1. The Labute approximate surface area is 142 Å². The highest BCUT2D eigenvalue weighted by atomic mass is 32.1. The number of anilines is 2. The van der Waals surface area contributed by atoms with Gasteiger partial charge in [0, 0.05) is 30.8 Å². The van der Waals surface area contributed by atoms with Crippen LogP contribution in [0.25, 0.3) is 0 Å². The third kappa shape index (κ3) is 3.58. The molecule has 130 valence electrons. The van der Waals surface area contributed by atoms with Crippen LogP contribution in [0.2, 0.25) is 0 Å². The number of nitrogen functional groups attached to an aromatic ring is 1. The van der Waals surface area contributed by atoms with Crippen LogP contribution >= 0.6 is 11.3 Å². The van der Waals surface area contributed by atoms with Crippen molar-refractivity contribution in [2.45, 2.75) is 32.0 Å². The van der Waals surface area contributed by atoms with Crippen LogP contribution in [0, 0.1) is 6.92 Å². The van der Waals surface area contributed by atoms with E-state index in [1.54, 1.807) is 6.07 Å². The second-order valence-corrected chi connectivity index (χ2v) is 6.92. The summed E-state index contributed by atoms with van der Waals surface area (Å²) >= 11 is 1.53. The van der Waals surface area contributed by atoms with Gasteiger partial charge in [-0.3, -0.25) is 0 Å². The van der Waals surface area contributed by atoms with Gasteiger partial charge in [-0.2, -0.15) is 13.2 Å². The first-order valence-corrected chi connectivity index (χ1v) is 8.47. The molecular weight excluding hydrogens is 339 g/mol. The van der Waals surface area contributed by atoms with Gasteiger partial charge in [-0.25, -0.2) is 4.98 Å². The number of piperidine rings is 1. The summed E-state index contributed by atoms with van der Waals surface area (Å²) in [5.41, 5.74) is 5.05. The Balaban J connectivity index is 1.64. The van der Waals surface area contributed by atoms with E-state index in [1.807, 2.05) is 6.92 Å². The molecule has 2 aromatic rings. The number of para-hydroxylation sites is 1. The smallest absolute Gasteiger partial charge is 0.419 e. The van der Waals surface area contributed by atoms with Gasteiger partial charge >= 0.3 is 6.18 Å². The highest BCUT2D eigenvalue weighted by Gasteiger charge is 2.35. The summed E-state index contributed by atoms with van der Waals surface area (Å²) in [5.74, 6) is 0.435. The topological polar surface area (TPSA) is 51.4 Å². The van der Waals surface area contributed by atoms with E-state index in [9.17, 15) is 13.2 Å². The van der Waals surface area contributed by atoms with Gasteiger partial charge in [0.05, 0.1) is 5.56 Å². The van der Waals surface area contributed by atoms with E-state index < -0.39 is 11.7 Å². The van der Waals surface area contributed by atoms with E-state index in [4.69, 9.17) is 10.5 Å². The molecule has 2 heterocycles. The zero-order valence-corrected chi connectivity index (χ0v) is 14.0. The van der Waals surface area contributed by atoms with Crippen molar-refractivity contribution >= 4 is 22.3 Å². The van der Waals surface area contributed by atoms with E-state index in [1.165, 1.54) is 23.5 Å². The number of nitrogens with two attached hydrogens (primary N) is 1. The molecule has 0 spiro atoms. The minimum absolute atomic E-state index is 0.0993. The van der Waals surface area contributed by atoms with Gasteiger partial charge in [0.1, 0.15) is 17.7 Å². The number of thiazole rings is 1. The summed E-state index contributed by atoms with van der Waals surface area (Å²) in [6.07, 6.45) is -3.36. The normalized spacial score (nSPS) is 16.4. The second kappa shape index (κ2) is 6.51. The molecule has 0 aliphatic carbocycles. The van der Waals surface area contributed by atoms with Crippen molar-refractivity contribution in [1.82, 2.24) is 4.98 Å². The van der Waals surface area contributed by atoms with Crippen LogP contribution in [0.1, 0.15) is 23.3 Å². The van der Waals surface area contributed by atoms with Crippen molar-refractivity contribution in [3.05, 3.63) is 34.7 Å². The van der Waals surface area contributed by atoms with Gasteiger partial charge in [0.15, 0.2) is 5.13 Å². The minimum atomic E-state index is -4.41. The molecule has 1 aliphatic rings. The molecule has 4 nitrogen and oxygen atoms in total. The third-order valence-corrected chi connectivity index (χ3v) is 5.07. The number of ether oxygens (including phenoxy) is 1. The van der Waals surface area contributed by atoms with Crippen LogP contribution in [0.3, 0.4) is 0 Å². The highest BCUT2D eigenvalue weighted by molar-refractivity contribution is 7.16. The van der Waals surface area contributed by atoms with Crippen molar-refractivity contribution in [2.75, 3.05) is 23.7 Å². The van der Waals surface area contributed by atoms with Crippen molar-refractivity contribution in [3.63, 3.8) is 0 Å². The number of rotatable bonds is 3. The average molecular weight is 357 g/mol. The molecule has 1 aromatic carbocycles. The molecule has 1 aromatic heterocycles. The first kappa shape index (κ1) is 16.9. The Morgan fingerprint density at radius 1 is 1.25 bits per heavy atom. The molecule has 0 saturated carbocycles. The number of alkyl halides is 3. The zero-order chi connectivity index (χ0) is 17.3. The lowest BCUT2D eigenvalue weighted by atomic mass is 10.1. The first-order valence-electron chi connectivity index (χ1n) is 7.65. The predicted molar refractivity (Wildman–Crippen MR) is 88.6 cm³/mol. The highest BCUT2D eigenvalue weighted by Crippen LogP contribution is 2.37. The monoisotopic (exact) mass is 357 g/mol. The van der Waals surface area contributed by atoms with Gasteiger partial charge in [0.2, 0.25) is 0 Å². The number of hydrogen-bond donors (Lipinski definition) is 1. The molecule has 2 N–H and O–H groups in total. The van der Waals surface area contributed by atoms with Crippen LogP contribution in [0.5, 0.6) is 5.75 Å². The number of nitrogens with zero attached hydrogens (tertiary/aromatic N) is 2. The molecule has 0 atom stereocenters. The van der Waals surface area contributed by atoms with Gasteiger partial charge in [0.25, 0.3) is 0 Å². The Morgan fingerprint density at radius 2 is 1.92 bits per heavy atom. The Bertz CT molecular complexity index is 689. The summed E-state index contributed by atoms with van der Waals surface area (Å²) in [7, 11) is 0. The predicted octanol–water partition coefficient (Wildman–Crippen LogP) is 4.10. The SMILES string of the molecule is Cc1sc(N2CCC(Oc3ccccc3C(F)(F)F)CC2)nc1N. The summed E-state index contributed by atoms with van der Waals surface area (Å²) in [6, 6.07) is 5.35. The van der Waals surface area contributed by atoms with Crippen molar-refractivity contribution in [1.29, 1.82) is 0 Å². The number of halogens is 3. The van der Waals surface area contributed by atoms with E-state index in [-0.39, 0.29) is 11.9 Å². The van der Waals surface area contributed by atoms with Crippen LogP contribution in [-0.2, 0) is 6.18 Å². The molecule has 1 aliphatic heterocycles. The summed E-state index contributed by atoms with van der Waals surface area (Å²) < 4.78 is 44.7. The first-order chi connectivity index (χ1) is 11.3. The molecule has 0 unspecified atom stereocenters. The molecule has 0 bridgehead atoms. The van der Waals surface area contributed by atoms with E-state index in [2.05, 4.69) is 9.88 Å². The summed E-state index contributed by atoms with van der Waals surface area (Å²) in [6.45, 7) is 3.29. The van der Waals surface area contributed by atoms with Crippen LogP contribution < -0.4 is 15.4 Å². The fourth-order valence-electron chi connectivity index (χ4n) is 2.68. The van der Waals surface area contributed by atoms with Crippen molar-refractivity contribution in [2.24, 2.45) is 0 Å². The number of hydrogen-bond acceptors (Lipinski definition) is 5. The molecular formula is C16H18F3N3OS. The largest absolute Gasteiger partial charge is 0.490 e. The van der Waals surface area contributed by atoms with Gasteiger partial charge in [-0.05, 0) is 19.1 Å². The maximum Gasteiger partial charge on any atom is 0.419 e. The van der Waals surface area contributed by atoms with Crippen LogP contribution in [0.4, 0.5) is 24.1 Å².